The number of hydrogen-bond acceptors (Lipinski definition) is 5. The summed E-state index contributed by atoms with van der Waals surface area (Å²) in [4.78, 5) is 27.6. The number of rotatable bonds is 3. The summed E-state index contributed by atoms with van der Waals surface area (Å²) < 4.78 is 9.80. The molecule has 0 aliphatic heterocycles. The molecule has 0 aliphatic rings. The summed E-state index contributed by atoms with van der Waals surface area (Å²) in [5.41, 5.74) is 1.17. The van der Waals surface area contributed by atoms with Crippen LogP contribution in [0.5, 0.6) is 0 Å². The zero-order chi connectivity index (χ0) is 17.1. The van der Waals surface area contributed by atoms with Crippen molar-refractivity contribution in [3.05, 3.63) is 76.0 Å². The van der Waals surface area contributed by atoms with Gasteiger partial charge in [0.1, 0.15) is 5.03 Å². The molecule has 120 valence electrons. The Morgan fingerprint density at radius 1 is 1.17 bits per heavy atom. The number of para-hydroxylation sites is 1. The van der Waals surface area contributed by atoms with Crippen LogP contribution in [0.2, 0.25) is 0 Å². The largest absolute Gasteiger partial charge is 0.465 e. The van der Waals surface area contributed by atoms with Crippen LogP contribution in [-0.2, 0) is 4.74 Å². The number of nitrogens with zero attached hydrogens (tertiary/aromatic N) is 1. The Labute approximate surface area is 142 Å². The summed E-state index contributed by atoms with van der Waals surface area (Å²) in [5.74, 6) is -0.378. The molecule has 6 heteroatoms. The molecule has 0 fully saturated rings. The van der Waals surface area contributed by atoms with E-state index in [1.165, 1.54) is 7.11 Å². The molecule has 0 saturated carbocycles. The van der Waals surface area contributed by atoms with Crippen LogP contribution < -0.4 is 5.63 Å². The van der Waals surface area contributed by atoms with Gasteiger partial charge in [-0.25, -0.2) is 14.6 Å². The van der Waals surface area contributed by atoms with Crippen molar-refractivity contribution in [1.29, 1.82) is 0 Å². The third kappa shape index (κ3) is 3.21. The SMILES string of the molecule is COC(=O)c1ccc(/C=C(/Cl)c2nc3ccccc3c(=O)o2)cc1. The number of aromatic nitrogens is 1. The van der Waals surface area contributed by atoms with E-state index in [2.05, 4.69) is 9.72 Å². The van der Waals surface area contributed by atoms with Crippen LogP contribution in [-0.4, -0.2) is 18.1 Å². The smallest absolute Gasteiger partial charge is 0.347 e. The minimum absolute atomic E-state index is 0.0393. The number of carbonyl (C=O) groups is 1. The van der Waals surface area contributed by atoms with E-state index in [0.717, 1.165) is 5.56 Å². The Morgan fingerprint density at radius 3 is 2.58 bits per heavy atom. The van der Waals surface area contributed by atoms with Crippen LogP contribution in [0.4, 0.5) is 0 Å². The van der Waals surface area contributed by atoms with Crippen LogP contribution in [0.3, 0.4) is 0 Å². The van der Waals surface area contributed by atoms with E-state index < -0.39 is 11.6 Å². The first-order valence-corrected chi connectivity index (χ1v) is 7.42. The molecule has 0 radical (unpaired) electrons. The second kappa shape index (κ2) is 6.68. The van der Waals surface area contributed by atoms with Crippen molar-refractivity contribution in [1.82, 2.24) is 4.98 Å². The fourth-order valence-corrected chi connectivity index (χ4v) is 2.37. The van der Waals surface area contributed by atoms with E-state index in [9.17, 15) is 9.59 Å². The first-order valence-electron chi connectivity index (χ1n) is 7.04. The minimum Gasteiger partial charge on any atom is -0.465 e. The minimum atomic E-state index is -0.497. The van der Waals surface area contributed by atoms with Crippen molar-refractivity contribution in [2.24, 2.45) is 0 Å². The van der Waals surface area contributed by atoms with E-state index >= 15 is 0 Å². The molecule has 24 heavy (non-hydrogen) atoms. The normalized spacial score (nSPS) is 11.5. The Hall–Kier alpha value is -2.92. The van der Waals surface area contributed by atoms with Gasteiger partial charge in [-0.15, -0.1) is 0 Å². The first kappa shape index (κ1) is 16.0. The van der Waals surface area contributed by atoms with Crippen molar-refractivity contribution >= 4 is 39.6 Å². The highest BCUT2D eigenvalue weighted by Gasteiger charge is 2.09. The number of hydrogen-bond donors (Lipinski definition) is 0. The predicted octanol–water partition coefficient (Wildman–Crippen LogP) is 3.71. The molecule has 1 aromatic heterocycles. The molecule has 0 bridgehead atoms. The van der Waals surface area contributed by atoms with E-state index in [-0.39, 0.29) is 10.9 Å². The zero-order valence-electron chi connectivity index (χ0n) is 12.7. The standard InChI is InChI=1S/C18H12ClNO4/c1-23-17(21)12-8-6-11(7-9-12)10-14(19)16-20-15-5-3-2-4-13(15)18(22)24-16/h2-10H,1H3/b14-10+. The lowest BCUT2D eigenvalue weighted by Crippen LogP contribution is -2.03. The molecule has 5 nitrogen and oxygen atoms in total. The molecule has 2 aromatic carbocycles. The number of benzene rings is 2. The molecule has 0 atom stereocenters. The number of carbonyl (C=O) groups excluding carboxylic acids is 1. The van der Waals surface area contributed by atoms with E-state index in [1.807, 2.05) is 0 Å². The van der Waals surface area contributed by atoms with Gasteiger partial charge in [-0.2, -0.15) is 0 Å². The second-order valence-electron chi connectivity index (χ2n) is 4.93. The van der Waals surface area contributed by atoms with Gasteiger partial charge in [-0.1, -0.05) is 35.9 Å². The molecule has 0 spiro atoms. The number of methoxy groups -OCH3 is 1. The predicted molar refractivity (Wildman–Crippen MR) is 91.8 cm³/mol. The van der Waals surface area contributed by atoms with Crippen LogP contribution in [0.1, 0.15) is 21.8 Å². The topological polar surface area (TPSA) is 69.4 Å². The highest BCUT2D eigenvalue weighted by atomic mass is 35.5. The summed E-state index contributed by atoms with van der Waals surface area (Å²) in [6.07, 6.45) is 1.60. The van der Waals surface area contributed by atoms with Gasteiger partial charge in [0.2, 0.25) is 5.89 Å². The molecule has 0 N–H and O–H groups in total. The maximum Gasteiger partial charge on any atom is 0.347 e. The van der Waals surface area contributed by atoms with Crippen LogP contribution in [0.25, 0.3) is 22.0 Å². The van der Waals surface area contributed by atoms with Gasteiger partial charge in [-0.05, 0) is 35.9 Å². The molecule has 1 heterocycles. The molecule has 3 rings (SSSR count). The maximum absolute atomic E-state index is 12.0. The summed E-state index contributed by atoms with van der Waals surface area (Å²) in [6.45, 7) is 0. The Kier molecular flexibility index (Phi) is 4.44. The highest BCUT2D eigenvalue weighted by molar-refractivity contribution is 6.50. The van der Waals surface area contributed by atoms with Crippen LogP contribution in [0, 0.1) is 0 Å². The second-order valence-corrected chi connectivity index (χ2v) is 5.34. The monoisotopic (exact) mass is 341 g/mol. The summed E-state index contributed by atoms with van der Waals surface area (Å²) >= 11 is 6.22. The molecule has 3 aromatic rings. The third-order valence-corrected chi connectivity index (χ3v) is 3.64. The first-order chi connectivity index (χ1) is 11.6. The van der Waals surface area contributed by atoms with Crippen molar-refractivity contribution < 1.29 is 13.9 Å². The van der Waals surface area contributed by atoms with Gasteiger partial charge in [0.05, 0.1) is 23.6 Å². The number of ether oxygens (including phenoxy) is 1. The number of esters is 1. The highest BCUT2D eigenvalue weighted by Crippen LogP contribution is 2.21. The van der Waals surface area contributed by atoms with Crippen molar-refractivity contribution in [3.63, 3.8) is 0 Å². The molecular formula is C18H12ClNO4. The van der Waals surface area contributed by atoms with E-state index in [0.29, 0.717) is 16.5 Å². The van der Waals surface area contributed by atoms with Gasteiger partial charge in [-0.3, -0.25) is 0 Å². The Balaban J connectivity index is 1.96. The molecular weight excluding hydrogens is 330 g/mol. The number of halogens is 1. The van der Waals surface area contributed by atoms with Crippen LogP contribution in [0.15, 0.2) is 57.7 Å². The Bertz CT molecular complexity index is 990. The average molecular weight is 342 g/mol. The van der Waals surface area contributed by atoms with Gasteiger partial charge >= 0.3 is 11.6 Å². The summed E-state index contributed by atoms with van der Waals surface area (Å²) in [7, 11) is 1.32. The van der Waals surface area contributed by atoms with Gasteiger partial charge < -0.3 is 9.15 Å². The Morgan fingerprint density at radius 2 is 1.88 bits per heavy atom. The number of fused-ring (bicyclic) bond motifs is 1. The lowest BCUT2D eigenvalue weighted by molar-refractivity contribution is 0.0600. The average Bonchev–Trinajstić information content (AvgIpc) is 2.61. The zero-order valence-corrected chi connectivity index (χ0v) is 13.4. The fourth-order valence-electron chi connectivity index (χ4n) is 2.16. The van der Waals surface area contributed by atoms with Gasteiger partial charge in [0.25, 0.3) is 0 Å². The lowest BCUT2D eigenvalue weighted by Gasteiger charge is -2.02. The van der Waals surface area contributed by atoms with Crippen molar-refractivity contribution in [3.8, 4) is 0 Å². The quantitative estimate of drug-likeness (QED) is 0.679. The van der Waals surface area contributed by atoms with Crippen molar-refractivity contribution in [2.45, 2.75) is 0 Å². The molecule has 0 unspecified atom stereocenters. The maximum atomic E-state index is 12.0. The fraction of sp³-hybridized carbons (Fsp3) is 0.0556. The molecule has 0 aliphatic carbocycles. The van der Waals surface area contributed by atoms with Crippen LogP contribution >= 0.6 is 11.6 Å². The lowest BCUT2D eigenvalue weighted by atomic mass is 10.1. The summed E-state index contributed by atoms with van der Waals surface area (Å²) in [6, 6.07) is 13.5. The van der Waals surface area contributed by atoms with Crippen molar-refractivity contribution in [2.75, 3.05) is 7.11 Å². The summed E-state index contributed by atoms with van der Waals surface area (Å²) in [5, 5.41) is 0.580. The third-order valence-electron chi connectivity index (χ3n) is 3.36. The molecule has 0 amide bonds. The van der Waals surface area contributed by atoms with E-state index in [1.54, 1.807) is 54.6 Å². The van der Waals surface area contributed by atoms with Gasteiger partial charge in [0.15, 0.2) is 0 Å². The molecule has 0 saturated heterocycles. The van der Waals surface area contributed by atoms with E-state index in [4.69, 9.17) is 16.0 Å². The van der Waals surface area contributed by atoms with Gasteiger partial charge in [0, 0.05) is 0 Å².